The molecular formula is C18H16F2N2O5. The molecule has 0 saturated heterocycles. The van der Waals surface area contributed by atoms with Gasteiger partial charge in [-0.25, -0.2) is 8.78 Å². The molecule has 0 heterocycles. The number of ether oxygens (including phenoxy) is 2. The molecule has 2 aromatic carbocycles. The van der Waals surface area contributed by atoms with E-state index in [1.165, 1.54) is 13.2 Å². The second-order valence-electron chi connectivity index (χ2n) is 5.25. The van der Waals surface area contributed by atoms with Crippen molar-refractivity contribution in [3.63, 3.8) is 0 Å². The number of rotatable bonds is 7. The average molecular weight is 378 g/mol. The maximum absolute atomic E-state index is 13.0. The molecule has 0 aliphatic carbocycles. The van der Waals surface area contributed by atoms with Crippen LogP contribution in [0.4, 0.5) is 14.5 Å². The molecule has 0 unspecified atom stereocenters. The van der Waals surface area contributed by atoms with Gasteiger partial charge in [0.15, 0.2) is 18.2 Å². The van der Waals surface area contributed by atoms with Crippen LogP contribution in [0.15, 0.2) is 42.5 Å². The summed E-state index contributed by atoms with van der Waals surface area (Å²) in [6.07, 6.45) is 0. The van der Waals surface area contributed by atoms with Crippen LogP contribution in [0.3, 0.4) is 0 Å². The molecule has 0 bridgehead atoms. The van der Waals surface area contributed by atoms with E-state index < -0.39 is 42.6 Å². The van der Waals surface area contributed by atoms with Gasteiger partial charge >= 0.3 is 5.97 Å². The van der Waals surface area contributed by atoms with Gasteiger partial charge in [0, 0.05) is 17.3 Å². The zero-order chi connectivity index (χ0) is 19.8. The number of halogens is 2. The minimum Gasteiger partial charge on any atom is -0.497 e. The average Bonchev–Trinajstić information content (AvgIpc) is 2.67. The third-order valence-corrected chi connectivity index (χ3v) is 3.29. The highest BCUT2D eigenvalue weighted by Gasteiger charge is 2.12. The first kappa shape index (κ1) is 19.8. The Morgan fingerprint density at radius 1 is 1.04 bits per heavy atom. The Balaban J connectivity index is 1.75. The Morgan fingerprint density at radius 3 is 2.52 bits per heavy atom. The maximum Gasteiger partial charge on any atom is 0.325 e. The molecule has 0 aromatic heterocycles. The summed E-state index contributed by atoms with van der Waals surface area (Å²) in [5.41, 5.74) is 0.305. The van der Waals surface area contributed by atoms with Crippen molar-refractivity contribution in [3.8, 4) is 5.75 Å². The molecule has 2 N–H and O–H groups in total. The van der Waals surface area contributed by atoms with Crippen molar-refractivity contribution >= 4 is 23.5 Å². The van der Waals surface area contributed by atoms with Gasteiger partial charge in [0.2, 0.25) is 0 Å². The van der Waals surface area contributed by atoms with Gasteiger partial charge < -0.3 is 20.1 Å². The van der Waals surface area contributed by atoms with Crippen LogP contribution in [0.5, 0.6) is 5.75 Å². The van der Waals surface area contributed by atoms with Crippen molar-refractivity contribution in [2.24, 2.45) is 0 Å². The molecule has 2 aromatic rings. The SMILES string of the molecule is COc1cccc(C(=O)NCC(=O)OCC(=O)Nc2ccc(F)c(F)c2)c1. The molecule has 27 heavy (non-hydrogen) atoms. The fourth-order valence-corrected chi connectivity index (χ4v) is 1.99. The Bertz CT molecular complexity index is 857. The Kier molecular flexibility index (Phi) is 6.81. The van der Waals surface area contributed by atoms with Crippen LogP contribution in [0, 0.1) is 11.6 Å². The number of anilines is 1. The quantitative estimate of drug-likeness (QED) is 0.718. The topological polar surface area (TPSA) is 93.7 Å². The monoisotopic (exact) mass is 378 g/mol. The summed E-state index contributed by atoms with van der Waals surface area (Å²) in [5, 5.41) is 4.59. The number of carbonyl (C=O) groups is 3. The molecule has 0 atom stereocenters. The Hall–Kier alpha value is -3.49. The number of hydrogen-bond donors (Lipinski definition) is 2. The Labute approximate surface area is 153 Å². The predicted octanol–water partition coefficient (Wildman–Crippen LogP) is 1.89. The molecule has 0 aliphatic heterocycles. The first-order chi connectivity index (χ1) is 12.9. The van der Waals surface area contributed by atoms with Gasteiger partial charge in [-0.15, -0.1) is 0 Å². The number of hydrogen-bond acceptors (Lipinski definition) is 5. The molecule has 2 amide bonds. The van der Waals surface area contributed by atoms with Crippen LogP contribution in [0.1, 0.15) is 10.4 Å². The van der Waals surface area contributed by atoms with Crippen molar-refractivity contribution in [1.29, 1.82) is 0 Å². The summed E-state index contributed by atoms with van der Waals surface area (Å²) in [7, 11) is 1.46. The molecule has 9 heteroatoms. The van der Waals surface area contributed by atoms with Crippen molar-refractivity contribution in [1.82, 2.24) is 5.32 Å². The van der Waals surface area contributed by atoms with Gasteiger partial charge in [-0.05, 0) is 30.3 Å². The molecular weight excluding hydrogens is 362 g/mol. The summed E-state index contributed by atoms with van der Waals surface area (Å²) in [5.74, 6) is -3.78. The highest BCUT2D eigenvalue weighted by atomic mass is 19.2. The van der Waals surface area contributed by atoms with E-state index in [2.05, 4.69) is 10.6 Å². The highest BCUT2D eigenvalue weighted by molar-refractivity contribution is 5.97. The van der Waals surface area contributed by atoms with Crippen LogP contribution in [0.2, 0.25) is 0 Å². The van der Waals surface area contributed by atoms with Gasteiger partial charge in [-0.3, -0.25) is 14.4 Å². The fraction of sp³-hybridized carbons (Fsp3) is 0.167. The third-order valence-electron chi connectivity index (χ3n) is 3.29. The van der Waals surface area contributed by atoms with E-state index in [0.717, 1.165) is 18.2 Å². The summed E-state index contributed by atoms with van der Waals surface area (Å²) >= 11 is 0. The van der Waals surface area contributed by atoms with Crippen molar-refractivity contribution in [2.75, 3.05) is 25.6 Å². The number of benzene rings is 2. The second kappa shape index (κ2) is 9.27. The standard InChI is InChI=1S/C18H16F2N2O5/c1-26-13-4-2-3-11(7-13)18(25)21-9-17(24)27-10-16(23)22-12-5-6-14(19)15(20)8-12/h2-8H,9-10H2,1H3,(H,21,25)(H,22,23). The molecule has 0 fully saturated rings. The van der Waals surface area contributed by atoms with Crippen LogP contribution < -0.4 is 15.4 Å². The van der Waals surface area contributed by atoms with Gasteiger partial charge in [0.25, 0.3) is 11.8 Å². The van der Waals surface area contributed by atoms with E-state index in [-0.39, 0.29) is 5.69 Å². The van der Waals surface area contributed by atoms with Gasteiger partial charge in [-0.1, -0.05) is 6.07 Å². The van der Waals surface area contributed by atoms with Gasteiger partial charge in [-0.2, -0.15) is 0 Å². The molecule has 0 saturated carbocycles. The van der Waals surface area contributed by atoms with Crippen LogP contribution in [-0.4, -0.2) is 38.0 Å². The van der Waals surface area contributed by atoms with E-state index in [9.17, 15) is 23.2 Å². The van der Waals surface area contributed by atoms with E-state index in [1.807, 2.05) is 0 Å². The van der Waals surface area contributed by atoms with Gasteiger partial charge in [0.05, 0.1) is 7.11 Å². The zero-order valence-electron chi connectivity index (χ0n) is 14.3. The number of methoxy groups -OCH3 is 1. The lowest BCUT2D eigenvalue weighted by Gasteiger charge is -2.08. The maximum atomic E-state index is 13.0. The summed E-state index contributed by atoms with van der Waals surface area (Å²) < 4.78 is 35.6. The second-order valence-corrected chi connectivity index (χ2v) is 5.25. The van der Waals surface area contributed by atoms with Crippen LogP contribution in [0.25, 0.3) is 0 Å². The molecule has 0 radical (unpaired) electrons. The zero-order valence-corrected chi connectivity index (χ0v) is 14.3. The number of esters is 1. The van der Waals surface area contributed by atoms with E-state index in [1.54, 1.807) is 18.2 Å². The summed E-state index contributed by atoms with van der Waals surface area (Å²) in [4.78, 5) is 35.2. The molecule has 2 rings (SSSR count). The number of nitrogens with one attached hydrogen (secondary N) is 2. The van der Waals surface area contributed by atoms with Crippen LogP contribution in [-0.2, 0) is 14.3 Å². The predicted molar refractivity (Wildman–Crippen MR) is 91.3 cm³/mol. The van der Waals surface area contributed by atoms with Gasteiger partial charge in [0.1, 0.15) is 12.3 Å². The fourth-order valence-electron chi connectivity index (χ4n) is 1.99. The molecule has 7 nitrogen and oxygen atoms in total. The minimum atomic E-state index is -1.12. The lowest BCUT2D eigenvalue weighted by Crippen LogP contribution is -2.32. The minimum absolute atomic E-state index is 0.0151. The first-order valence-electron chi connectivity index (χ1n) is 7.72. The molecule has 0 spiro atoms. The normalized spacial score (nSPS) is 10.0. The summed E-state index contributed by atoms with van der Waals surface area (Å²) in [6, 6.07) is 9.13. The summed E-state index contributed by atoms with van der Waals surface area (Å²) in [6.45, 7) is -1.10. The van der Waals surface area contributed by atoms with Crippen LogP contribution >= 0.6 is 0 Å². The number of amides is 2. The van der Waals surface area contributed by atoms with Crippen molar-refractivity contribution in [2.45, 2.75) is 0 Å². The van der Waals surface area contributed by atoms with E-state index in [4.69, 9.17) is 9.47 Å². The number of carbonyl (C=O) groups excluding carboxylic acids is 3. The first-order valence-corrected chi connectivity index (χ1v) is 7.72. The highest BCUT2D eigenvalue weighted by Crippen LogP contribution is 2.13. The Morgan fingerprint density at radius 2 is 1.81 bits per heavy atom. The van der Waals surface area contributed by atoms with Crippen molar-refractivity contribution in [3.05, 3.63) is 59.7 Å². The largest absolute Gasteiger partial charge is 0.497 e. The lowest BCUT2D eigenvalue weighted by molar-refractivity contribution is -0.146. The third kappa shape index (κ3) is 6.07. The van der Waals surface area contributed by atoms with Crippen molar-refractivity contribution < 1.29 is 32.6 Å². The molecule has 0 aliphatic rings. The lowest BCUT2D eigenvalue weighted by atomic mass is 10.2. The van der Waals surface area contributed by atoms with E-state index in [0.29, 0.717) is 11.3 Å². The van der Waals surface area contributed by atoms with E-state index >= 15 is 0 Å². The molecule has 142 valence electrons. The smallest absolute Gasteiger partial charge is 0.325 e.